The summed E-state index contributed by atoms with van der Waals surface area (Å²) in [6, 6.07) is 25.0. The Balaban J connectivity index is 1.46. The van der Waals surface area contributed by atoms with Crippen molar-refractivity contribution in [3.8, 4) is 0 Å². The third-order valence-corrected chi connectivity index (χ3v) is 7.89. The second-order valence-corrected chi connectivity index (χ2v) is 9.96. The number of allylic oxidation sites excluding steroid dienone is 5. The van der Waals surface area contributed by atoms with Crippen LogP contribution >= 0.6 is 11.6 Å². The molecular formula is C30H28ClN3. The van der Waals surface area contributed by atoms with E-state index in [1.54, 1.807) is 0 Å². The highest BCUT2D eigenvalue weighted by Gasteiger charge is 2.42. The van der Waals surface area contributed by atoms with Crippen LogP contribution in [0.2, 0.25) is 0 Å². The Morgan fingerprint density at radius 2 is 1.65 bits per heavy atom. The molecule has 3 aliphatic rings. The number of nitrogens with zero attached hydrogens (tertiary/aromatic N) is 3. The van der Waals surface area contributed by atoms with Crippen LogP contribution in [0.1, 0.15) is 32.6 Å². The fourth-order valence-electron chi connectivity index (χ4n) is 5.65. The van der Waals surface area contributed by atoms with E-state index in [4.69, 9.17) is 16.6 Å². The SMILES string of the molecule is CC1=CCC12CCC=C(/C=C(\Cl)C1N(c3ccccc3)c3cccnc3N1c1ccccc1)C2. The fraction of sp³-hybridized carbons (Fsp3) is 0.233. The van der Waals surface area contributed by atoms with Gasteiger partial charge in [0.05, 0.1) is 10.7 Å². The van der Waals surface area contributed by atoms with E-state index in [0.717, 1.165) is 40.8 Å². The van der Waals surface area contributed by atoms with E-state index < -0.39 is 0 Å². The lowest BCUT2D eigenvalue weighted by molar-refractivity contribution is 0.280. The van der Waals surface area contributed by atoms with Crippen LogP contribution in [0.15, 0.2) is 113 Å². The van der Waals surface area contributed by atoms with Crippen LogP contribution in [0.4, 0.5) is 22.9 Å². The summed E-state index contributed by atoms with van der Waals surface area (Å²) < 4.78 is 0. The summed E-state index contributed by atoms with van der Waals surface area (Å²) in [5, 5.41) is 0.801. The van der Waals surface area contributed by atoms with Crippen LogP contribution in [-0.2, 0) is 0 Å². The number of aromatic nitrogens is 1. The van der Waals surface area contributed by atoms with E-state index in [1.165, 1.54) is 24.0 Å². The molecule has 0 N–H and O–H groups in total. The molecule has 3 nitrogen and oxygen atoms in total. The van der Waals surface area contributed by atoms with Crippen molar-refractivity contribution in [2.45, 2.75) is 38.8 Å². The molecule has 1 spiro atoms. The molecule has 34 heavy (non-hydrogen) atoms. The summed E-state index contributed by atoms with van der Waals surface area (Å²) >= 11 is 7.29. The number of anilines is 4. The number of hydrogen-bond acceptors (Lipinski definition) is 3. The average molecular weight is 466 g/mol. The van der Waals surface area contributed by atoms with Gasteiger partial charge < -0.3 is 4.90 Å². The van der Waals surface area contributed by atoms with Crippen molar-refractivity contribution in [2.24, 2.45) is 5.41 Å². The molecule has 2 aromatic carbocycles. The lowest BCUT2D eigenvalue weighted by atomic mass is 9.61. The first-order valence-electron chi connectivity index (χ1n) is 12.0. The fourth-order valence-corrected chi connectivity index (χ4v) is 5.98. The highest BCUT2D eigenvalue weighted by molar-refractivity contribution is 6.31. The zero-order valence-electron chi connectivity index (χ0n) is 19.4. The average Bonchev–Trinajstić information content (AvgIpc) is 3.24. The molecule has 4 heteroatoms. The van der Waals surface area contributed by atoms with Crippen LogP contribution in [0.25, 0.3) is 0 Å². The summed E-state index contributed by atoms with van der Waals surface area (Å²) in [4.78, 5) is 9.37. The van der Waals surface area contributed by atoms with Crippen molar-refractivity contribution in [3.63, 3.8) is 0 Å². The van der Waals surface area contributed by atoms with Crippen molar-refractivity contribution in [1.29, 1.82) is 0 Å². The van der Waals surface area contributed by atoms with Crippen molar-refractivity contribution in [3.05, 3.63) is 113 Å². The first-order chi connectivity index (χ1) is 16.7. The highest BCUT2D eigenvalue weighted by atomic mass is 35.5. The molecule has 0 radical (unpaired) electrons. The number of pyridine rings is 1. The van der Waals surface area contributed by atoms with Gasteiger partial charge in [0.15, 0.2) is 5.82 Å². The molecule has 2 unspecified atom stereocenters. The first kappa shape index (κ1) is 21.2. The second kappa shape index (κ2) is 8.48. The molecular weight excluding hydrogens is 438 g/mol. The predicted molar refractivity (Wildman–Crippen MR) is 142 cm³/mol. The lowest BCUT2D eigenvalue weighted by Gasteiger charge is -2.44. The third kappa shape index (κ3) is 3.47. The Morgan fingerprint density at radius 1 is 0.941 bits per heavy atom. The van der Waals surface area contributed by atoms with E-state index in [2.05, 4.69) is 89.5 Å². The monoisotopic (exact) mass is 465 g/mol. The Labute approximate surface area is 206 Å². The second-order valence-electron chi connectivity index (χ2n) is 9.53. The quantitative estimate of drug-likeness (QED) is 0.361. The number of rotatable bonds is 4. The molecule has 0 fully saturated rings. The van der Waals surface area contributed by atoms with E-state index >= 15 is 0 Å². The Morgan fingerprint density at radius 3 is 2.29 bits per heavy atom. The molecule has 0 saturated carbocycles. The van der Waals surface area contributed by atoms with Gasteiger partial charge in [-0.15, -0.1) is 0 Å². The Hall–Kier alpha value is -3.30. The van der Waals surface area contributed by atoms with Gasteiger partial charge >= 0.3 is 0 Å². The van der Waals surface area contributed by atoms with Crippen molar-refractivity contribution in [2.75, 3.05) is 9.80 Å². The van der Waals surface area contributed by atoms with Crippen LogP contribution < -0.4 is 9.80 Å². The van der Waals surface area contributed by atoms with Crippen molar-refractivity contribution >= 4 is 34.5 Å². The van der Waals surface area contributed by atoms with Gasteiger partial charge in [0, 0.05) is 17.6 Å². The summed E-state index contributed by atoms with van der Waals surface area (Å²) in [7, 11) is 0. The molecule has 170 valence electrons. The van der Waals surface area contributed by atoms with Crippen LogP contribution in [0, 0.1) is 5.41 Å². The summed E-state index contributed by atoms with van der Waals surface area (Å²) in [6.45, 7) is 2.28. The molecule has 0 bridgehead atoms. The maximum Gasteiger partial charge on any atom is 0.159 e. The van der Waals surface area contributed by atoms with Gasteiger partial charge in [-0.3, -0.25) is 4.90 Å². The summed E-state index contributed by atoms with van der Waals surface area (Å²) in [5.74, 6) is 0.918. The molecule has 1 aliphatic heterocycles. The van der Waals surface area contributed by atoms with E-state index in [-0.39, 0.29) is 6.17 Å². The Bertz CT molecular complexity index is 1230. The van der Waals surface area contributed by atoms with Gasteiger partial charge in [-0.2, -0.15) is 0 Å². The van der Waals surface area contributed by atoms with Gasteiger partial charge in [0.25, 0.3) is 0 Å². The van der Waals surface area contributed by atoms with Crippen LogP contribution in [0.5, 0.6) is 0 Å². The number of fused-ring (bicyclic) bond motifs is 1. The molecule has 0 saturated heterocycles. The predicted octanol–water partition coefficient (Wildman–Crippen LogP) is 8.27. The van der Waals surface area contributed by atoms with E-state index in [1.807, 2.05) is 24.4 Å². The zero-order chi connectivity index (χ0) is 23.1. The van der Waals surface area contributed by atoms with E-state index in [9.17, 15) is 0 Å². The molecule has 6 rings (SSSR count). The molecule has 2 aliphatic carbocycles. The largest absolute Gasteiger partial charge is 0.312 e. The van der Waals surface area contributed by atoms with Crippen molar-refractivity contribution in [1.82, 2.24) is 4.98 Å². The smallest absolute Gasteiger partial charge is 0.159 e. The molecule has 0 amide bonds. The topological polar surface area (TPSA) is 19.4 Å². The van der Waals surface area contributed by atoms with E-state index in [0.29, 0.717) is 5.41 Å². The van der Waals surface area contributed by atoms with Gasteiger partial charge in [0.1, 0.15) is 6.17 Å². The minimum absolute atomic E-state index is 0.215. The highest BCUT2D eigenvalue weighted by Crippen LogP contribution is 2.53. The summed E-state index contributed by atoms with van der Waals surface area (Å²) in [6.07, 6.45) is 13.2. The van der Waals surface area contributed by atoms with Crippen LogP contribution in [-0.4, -0.2) is 11.1 Å². The maximum atomic E-state index is 7.29. The summed E-state index contributed by atoms with van der Waals surface area (Å²) in [5.41, 5.74) is 6.45. The van der Waals surface area contributed by atoms with Gasteiger partial charge in [-0.1, -0.05) is 65.7 Å². The Kier molecular flexibility index (Phi) is 5.30. The molecule has 1 aromatic heterocycles. The molecule has 2 heterocycles. The van der Waals surface area contributed by atoms with Gasteiger partial charge in [-0.05, 0) is 86.1 Å². The maximum absolute atomic E-state index is 7.29. The van der Waals surface area contributed by atoms with Gasteiger partial charge in [-0.25, -0.2) is 4.98 Å². The minimum Gasteiger partial charge on any atom is -0.312 e. The normalized spacial score (nSPS) is 23.9. The van der Waals surface area contributed by atoms with Gasteiger partial charge in [0.2, 0.25) is 0 Å². The number of hydrogen-bond donors (Lipinski definition) is 0. The van der Waals surface area contributed by atoms with Crippen LogP contribution in [0.3, 0.4) is 0 Å². The van der Waals surface area contributed by atoms with Crippen molar-refractivity contribution < 1.29 is 0 Å². The molecule has 3 aromatic rings. The first-order valence-corrected chi connectivity index (χ1v) is 12.4. The minimum atomic E-state index is -0.215. The number of halogens is 1. The number of para-hydroxylation sites is 2. The molecule has 2 atom stereocenters. The third-order valence-electron chi connectivity index (χ3n) is 7.59. The lowest BCUT2D eigenvalue weighted by Crippen LogP contribution is -2.39. The zero-order valence-corrected chi connectivity index (χ0v) is 20.1. The number of benzene rings is 2. The standard InChI is InChI=1S/C30H28ClN3/c1-22-16-18-30(22)17-8-10-23(21-30)20-26(31)29-33(24-11-4-2-5-12-24)27-15-9-19-32-28(27)34(29)25-13-6-3-7-14-25/h2-7,9-16,19-20,29H,8,17-18,21H2,1H3/b26-20-.